The summed E-state index contributed by atoms with van der Waals surface area (Å²) in [7, 11) is 1.40. The number of hydrogen-bond acceptors (Lipinski definition) is 4. The first-order chi connectivity index (χ1) is 7.85. The molecule has 5 nitrogen and oxygen atoms in total. The molecule has 1 aliphatic rings. The minimum atomic E-state index is -1.10. The zero-order valence-electron chi connectivity index (χ0n) is 10.6. The molecule has 4 amide bonds. The van der Waals surface area contributed by atoms with Crippen LogP contribution in [0, 0.1) is 5.41 Å². The number of thioether (sulfide) groups is 1. The number of hydrogen-bond donors (Lipinski definition) is 1. The minimum Gasteiger partial charge on any atom is -0.277 e. The number of barbiturate groups is 1. The smallest absolute Gasteiger partial charge is 0.277 e. The number of nitrogens with one attached hydrogen (secondary N) is 1. The minimum absolute atomic E-state index is 0.335. The Kier molecular flexibility index (Phi) is 4.19. The molecule has 0 aromatic carbocycles. The molecule has 1 aliphatic heterocycles. The largest absolute Gasteiger partial charge is 0.330 e. The van der Waals surface area contributed by atoms with Gasteiger partial charge in [0.15, 0.2) is 0 Å². The Morgan fingerprint density at radius 1 is 1.35 bits per heavy atom. The molecule has 1 N–H and O–H groups in total. The summed E-state index contributed by atoms with van der Waals surface area (Å²) >= 11 is 1.55. The second-order valence-electron chi connectivity index (χ2n) is 4.42. The highest BCUT2D eigenvalue weighted by Crippen LogP contribution is 2.33. The molecule has 0 aromatic rings. The highest BCUT2D eigenvalue weighted by molar-refractivity contribution is 7.99. The fraction of sp³-hybridized carbons (Fsp3) is 0.727. The van der Waals surface area contributed by atoms with Crippen molar-refractivity contribution < 1.29 is 14.4 Å². The maximum atomic E-state index is 12.1. The number of amides is 4. The molecule has 1 saturated heterocycles. The van der Waals surface area contributed by atoms with Gasteiger partial charge in [-0.3, -0.25) is 19.8 Å². The summed E-state index contributed by atoms with van der Waals surface area (Å²) in [5.74, 6) is -0.466. The lowest BCUT2D eigenvalue weighted by Crippen LogP contribution is -2.63. The van der Waals surface area contributed by atoms with Gasteiger partial charge < -0.3 is 0 Å². The standard InChI is InChI=1S/C11H18N2O3S/c1-5-11(6-17-7(2)3)8(14)12-10(16)13(4)9(11)15/h7H,5-6H2,1-4H3,(H,12,14,16). The summed E-state index contributed by atoms with van der Waals surface area (Å²) in [4.78, 5) is 36.4. The Labute approximate surface area is 105 Å². The van der Waals surface area contributed by atoms with Crippen LogP contribution in [0.2, 0.25) is 0 Å². The van der Waals surface area contributed by atoms with E-state index in [1.807, 2.05) is 13.8 Å². The molecule has 0 aliphatic carbocycles. The van der Waals surface area contributed by atoms with Gasteiger partial charge in [-0.2, -0.15) is 11.8 Å². The van der Waals surface area contributed by atoms with Crippen LogP contribution in [0.15, 0.2) is 0 Å². The molecule has 0 aromatic heterocycles. The van der Waals surface area contributed by atoms with Gasteiger partial charge in [0, 0.05) is 12.8 Å². The van der Waals surface area contributed by atoms with Crippen LogP contribution in [-0.4, -0.2) is 40.8 Å². The van der Waals surface area contributed by atoms with Crippen molar-refractivity contribution in [1.82, 2.24) is 10.2 Å². The SMILES string of the molecule is CCC1(CSC(C)C)C(=O)NC(=O)N(C)C1=O. The van der Waals surface area contributed by atoms with Gasteiger partial charge in [-0.15, -0.1) is 0 Å². The summed E-state index contributed by atoms with van der Waals surface area (Å²) in [6.45, 7) is 5.81. The molecule has 1 unspecified atom stereocenters. The van der Waals surface area contributed by atoms with Crippen molar-refractivity contribution >= 4 is 29.6 Å². The van der Waals surface area contributed by atoms with E-state index in [0.29, 0.717) is 17.4 Å². The molecule has 1 heterocycles. The van der Waals surface area contributed by atoms with Crippen molar-refractivity contribution in [2.45, 2.75) is 32.4 Å². The predicted octanol–water partition coefficient (Wildman–Crippen LogP) is 1.23. The van der Waals surface area contributed by atoms with Crippen molar-refractivity contribution in [3.63, 3.8) is 0 Å². The summed E-state index contributed by atoms with van der Waals surface area (Å²) in [6.07, 6.45) is 0.398. The van der Waals surface area contributed by atoms with Gasteiger partial charge in [-0.1, -0.05) is 20.8 Å². The van der Waals surface area contributed by atoms with Gasteiger partial charge in [0.05, 0.1) is 0 Å². The predicted molar refractivity (Wildman–Crippen MR) is 66.6 cm³/mol. The van der Waals surface area contributed by atoms with E-state index in [-0.39, 0.29) is 0 Å². The zero-order valence-corrected chi connectivity index (χ0v) is 11.4. The van der Waals surface area contributed by atoms with E-state index >= 15 is 0 Å². The average Bonchev–Trinajstić information content (AvgIpc) is 2.27. The topological polar surface area (TPSA) is 66.5 Å². The van der Waals surface area contributed by atoms with E-state index in [2.05, 4.69) is 5.32 Å². The second-order valence-corrected chi connectivity index (χ2v) is 5.98. The number of nitrogens with zero attached hydrogens (tertiary/aromatic N) is 1. The Hall–Kier alpha value is -1.04. The summed E-state index contributed by atoms with van der Waals surface area (Å²) < 4.78 is 0. The maximum Gasteiger partial charge on any atom is 0.330 e. The number of urea groups is 1. The third-order valence-corrected chi connectivity index (χ3v) is 4.27. The highest BCUT2D eigenvalue weighted by Gasteiger charge is 2.51. The van der Waals surface area contributed by atoms with Crippen molar-refractivity contribution in [2.75, 3.05) is 12.8 Å². The molecule has 6 heteroatoms. The molecule has 0 bridgehead atoms. The van der Waals surface area contributed by atoms with Crippen molar-refractivity contribution in [1.29, 1.82) is 0 Å². The van der Waals surface area contributed by atoms with Gasteiger partial charge in [-0.05, 0) is 11.7 Å². The van der Waals surface area contributed by atoms with Crippen LogP contribution in [0.4, 0.5) is 4.79 Å². The van der Waals surface area contributed by atoms with E-state index in [4.69, 9.17) is 0 Å². The first-order valence-corrected chi connectivity index (χ1v) is 6.65. The molecule has 1 rings (SSSR count). The van der Waals surface area contributed by atoms with Crippen molar-refractivity contribution in [3.05, 3.63) is 0 Å². The van der Waals surface area contributed by atoms with E-state index in [1.54, 1.807) is 18.7 Å². The van der Waals surface area contributed by atoms with Gasteiger partial charge in [0.1, 0.15) is 5.41 Å². The molecule has 1 fully saturated rings. The first-order valence-electron chi connectivity index (χ1n) is 5.60. The van der Waals surface area contributed by atoms with E-state index in [0.717, 1.165) is 4.90 Å². The fourth-order valence-corrected chi connectivity index (χ4v) is 2.74. The number of carbonyl (C=O) groups excluding carboxylic acids is 3. The van der Waals surface area contributed by atoms with Crippen LogP contribution in [0.1, 0.15) is 27.2 Å². The van der Waals surface area contributed by atoms with Crippen LogP contribution in [0.3, 0.4) is 0 Å². The summed E-state index contributed by atoms with van der Waals surface area (Å²) in [6, 6.07) is -0.640. The van der Waals surface area contributed by atoms with Crippen LogP contribution in [0.5, 0.6) is 0 Å². The van der Waals surface area contributed by atoms with Crippen LogP contribution < -0.4 is 5.32 Å². The maximum absolute atomic E-state index is 12.1. The second kappa shape index (κ2) is 5.08. The molecular weight excluding hydrogens is 240 g/mol. The molecule has 17 heavy (non-hydrogen) atoms. The third-order valence-electron chi connectivity index (χ3n) is 2.94. The fourth-order valence-electron chi connectivity index (χ4n) is 1.66. The molecule has 0 saturated carbocycles. The molecule has 0 radical (unpaired) electrons. The monoisotopic (exact) mass is 258 g/mol. The van der Waals surface area contributed by atoms with Crippen LogP contribution in [-0.2, 0) is 9.59 Å². The van der Waals surface area contributed by atoms with Gasteiger partial charge >= 0.3 is 6.03 Å². The Morgan fingerprint density at radius 2 is 1.94 bits per heavy atom. The van der Waals surface area contributed by atoms with E-state index < -0.39 is 23.3 Å². The molecule has 96 valence electrons. The zero-order chi connectivity index (χ0) is 13.2. The summed E-state index contributed by atoms with van der Waals surface area (Å²) in [5.41, 5.74) is -1.10. The van der Waals surface area contributed by atoms with Crippen LogP contribution >= 0.6 is 11.8 Å². The average molecular weight is 258 g/mol. The van der Waals surface area contributed by atoms with Crippen molar-refractivity contribution in [2.24, 2.45) is 5.41 Å². The summed E-state index contributed by atoms with van der Waals surface area (Å²) in [5, 5.41) is 2.57. The number of imide groups is 2. The Bertz CT molecular complexity index is 357. The van der Waals surface area contributed by atoms with E-state index in [1.165, 1.54) is 7.05 Å². The highest BCUT2D eigenvalue weighted by atomic mass is 32.2. The quantitative estimate of drug-likeness (QED) is 0.770. The van der Waals surface area contributed by atoms with E-state index in [9.17, 15) is 14.4 Å². The van der Waals surface area contributed by atoms with Crippen LogP contribution in [0.25, 0.3) is 0 Å². The molecule has 1 atom stereocenters. The lowest BCUT2D eigenvalue weighted by atomic mass is 9.83. The lowest BCUT2D eigenvalue weighted by Gasteiger charge is -2.37. The molecule has 0 spiro atoms. The van der Waals surface area contributed by atoms with Crippen molar-refractivity contribution in [3.8, 4) is 0 Å². The van der Waals surface area contributed by atoms with Gasteiger partial charge in [0.2, 0.25) is 11.8 Å². The van der Waals surface area contributed by atoms with Gasteiger partial charge in [-0.25, -0.2) is 4.79 Å². The Balaban J connectivity index is 2.98. The lowest BCUT2D eigenvalue weighted by molar-refractivity contribution is -0.149. The molecular formula is C11H18N2O3S. The third kappa shape index (κ3) is 2.46. The van der Waals surface area contributed by atoms with Gasteiger partial charge in [0.25, 0.3) is 0 Å². The number of carbonyl (C=O) groups is 3. The normalized spacial score (nSPS) is 25.5. The number of rotatable bonds is 4. The Morgan fingerprint density at radius 3 is 2.41 bits per heavy atom. The first kappa shape index (κ1) is 14.0.